The van der Waals surface area contributed by atoms with Crippen LogP contribution in [0.15, 0.2) is 30.3 Å². The third-order valence-corrected chi connectivity index (χ3v) is 1.47. The van der Waals surface area contributed by atoms with Crippen LogP contribution in [0.5, 0.6) is 0 Å². The van der Waals surface area contributed by atoms with Gasteiger partial charge in [0.2, 0.25) is 0 Å². The van der Waals surface area contributed by atoms with Crippen LogP contribution in [0, 0.1) is 0 Å². The highest BCUT2D eigenvalue weighted by Crippen LogP contribution is 2.13. The summed E-state index contributed by atoms with van der Waals surface area (Å²) in [6.07, 6.45) is -0.0128. The van der Waals surface area contributed by atoms with Crippen LogP contribution >= 0.6 is 0 Å². The molecule has 0 fully saturated rings. The highest BCUT2D eigenvalue weighted by atomic mass is 16.4. The third kappa shape index (κ3) is 1.61. The summed E-state index contributed by atoms with van der Waals surface area (Å²) >= 11 is 0. The van der Waals surface area contributed by atoms with Gasteiger partial charge < -0.3 is 4.65 Å². The summed E-state index contributed by atoms with van der Waals surface area (Å²) in [5.74, 6) is 0. The molecule has 0 aliphatic carbocycles. The Bertz CT molecular complexity index is 186. The number of benzene rings is 1. The quantitative estimate of drug-likeness (QED) is 0.558. The predicted octanol–water partition coefficient (Wildman–Crippen LogP) is 1.85. The minimum absolute atomic E-state index is 0.0128. The van der Waals surface area contributed by atoms with Crippen LogP contribution < -0.4 is 0 Å². The van der Waals surface area contributed by atoms with E-state index in [4.69, 9.17) is 8.05 Å². The standard InChI is InChI=1S/C8H9BO/c1-7(10-9)8-5-3-2-4-6-8/h2-7H,1H3. The van der Waals surface area contributed by atoms with Gasteiger partial charge in [-0.1, -0.05) is 30.3 Å². The second kappa shape index (κ2) is 3.42. The summed E-state index contributed by atoms with van der Waals surface area (Å²) < 4.78 is 4.64. The van der Waals surface area contributed by atoms with E-state index in [0.717, 1.165) is 5.56 Å². The summed E-state index contributed by atoms with van der Waals surface area (Å²) in [5.41, 5.74) is 1.10. The lowest BCUT2D eigenvalue weighted by Crippen LogP contribution is -1.95. The van der Waals surface area contributed by atoms with Crippen molar-refractivity contribution in [1.29, 1.82) is 0 Å². The van der Waals surface area contributed by atoms with Crippen molar-refractivity contribution >= 4 is 8.05 Å². The van der Waals surface area contributed by atoms with Crippen molar-refractivity contribution in [2.24, 2.45) is 0 Å². The van der Waals surface area contributed by atoms with E-state index in [1.807, 2.05) is 37.3 Å². The molecule has 1 atom stereocenters. The lowest BCUT2D eigenvalue weighted by atomic mass is 10.1. The van der Waals surface area contributed by atoms with Gasteiger partial charge in [-0.2, -0.15) is 0 Å². The number of hydrogen-bond donors (Lipinski definition) is 0. The molecule has 0 heterocycles. The van der Waals surface area contributed by atoms with E-state index in [9.17, 15) is 0 Å². The minimum Gasteiger partial charge on any atom is -0.441 e. The molecule has 1 aromatic carbocycles. The molecule has 1 nitrogen and oxygen atoms in total. The SMILES string of the molecule is [B]OC(C)c1ccccc1. The van der Waals surface area contributed by atoms with Crippen molar-refractivity contribution in [3.05, 3.63) is 35.9 Å². The maximum Gasteiger partial charge on any atom is 0.283 e. The summed E-state index contributed by atoms with van der Waals surface area (Å²) in [6, 6.07) is 9.86. The molecule has 50 valence electrons. The topological polar surface area (TPSA) is 9.23 Å². The Morgan fingerprint density at radius 1 is 1.30 bits per heavy atom. The number of rotatable bonds is 2. The van der Waals surface area contributed by atoms with Gasteiger partial charge in [0.1, 0.15) is 0 Å². The van der Waals surface area contributed by atoms with Crippen LogP contribution in [0.3, 0.4) is 0 Å². The van der Waals surface area contributed by atoms with Gasteiger partial charge in [0.25, 0.3) is 8.05 Å². The molecular weight excluding hydrogens is 123 g/mol. The van der Waals surface area contributed by atoms with Gasteiger partial charge in [0, 0.05) is 0 Å². The highest BCUT2D eigenvalue weighted by Gasteiger charge is 1.98. The molecule has 0 N–H and O–H groups in total. The van der Waals surface area contributed by atoms with Gasteiger partial charge in [-0.05, 0) is 12.5 Å². The third-order valence-electron chi connectivity index (χ3n) is 1.47. The second-order valence-electron chi connectivity index (χ2n) is 2.19. The fourth-order valence-corrected chi connectivity index (χ4v) is 0.803. The highest BCUT2D eigenvalue weighted by molar-refractivity contribution is 5.98. The average Bonchev–Trinajstić information content (AvgIpc) is 2.05. The van der Waals surface area contributed by atoms with Gasteiger partial charge in [0.15, 0.2) is 0 Å². The molecule has 0 saturated heterocycles. The molecular formula is C8H9BO. The molecule has 1 rings (SSSR count). The van der Waals surface area contributed by atoms with Crippen LogP contribution in [0.2, 0.25) is 0 Å². The Labute approximate surface area is 62.5 Å². The van der Waals surface area contributed by atoms with Crippen LogP contribution in [0.25, 0.3) is 0 Å². The van der Waals surface area contributed by atoms with Crippen molar-refractivity contribution in [2.45, 2.75) is 13.0 Å². The van der Waals surface area contributed by atoms with E-state index >= 15 is 0 Å². The van der Waals surface area contributed by atoms with E-state index < -0.39 is 0 Å². The zero-order chi connectivity index (χ0) is 7.40. The van der Waals surface area contributed by atoms with Crippen molar-refractivity contribution in [3.63, 3.8) is 0 Å². The molecule has 10 heavy (non-hydrogen) atoms. The van der Waals surface area contributed by atoms with Crippen LogP contribution in [-0.4, -0.2) is 8.05 Å². The fraction of sp³-hybridized carbons (Fsp3) is 0.250. The molecule has 0 aliphatic heterocycles. The smallest absolute Gasteiger partial charge is 0.283 e. The normalized spacial score (nSPS) is 12.9. The van der Waals surface area contributed by atoms with Crippen LogP contribution in [-0.2, 0) is 4.65 Å². The first-order chi connectivity index (χ1) is 4.84. The predicted molar refractivity (Wildman–Crippen MR) is 41.7 cm³/mol. The summed E-state index contributed by atoms with van der Waals surface area (Å²) in [7, 11) is 5.00. The minimum atomic E-state index is -0.0128. The molecule has 2 radical (unpaired) electrons. The van der Waals surface area contributed by atoms with Crippen molar-refractivity contribution in [3.8, 4) is 0 Å². The summed E-state index contributed by atoms with van der Waals surface area (Å²) in [4.78, 5) is 0. The van der Waals surface area contributed by atoms with E-state index in [1.54, 1.807) is 0 Å². The Morgan fingerprint density at radius 3 is 2.40 bits per heavy atom. The molecule has 0 amide bonds. The first kappa shape index (κ1) is 7.35. The van der Waals surface area contributed by atoms with Crippen LogP contribution in [0.4, 0.5) is 0 Å². The molecule has 0 spiro atoms. The first-order valence-electron chi connectivity index (χ1n) is 3.25. The first-order valence-corrected chi connectivity index (χ1v) is 3.25. The van der Waals surface area contributed by atoms with E-state index in [-0.39, 0.29) is 6.10 Å². The summed E-state index contributed by atoms with van der Waals surface area (Å²) in [6.45, 7) is 1.91. The summed E-state index contributed by atoms with van der Waals surface area (Å²) in [5, 5.41) is 0. The van der Waals surface area contributed by atoms with Gasteiger partial charge in [0.05, 0.1) is 6.10 Å². The monoisotopic (exact) mass is 132 g/mol. The molecule has 2 heteroatoms. The molecule has 1 aromatic rings. The van der Waals surface area contributed by atoms with Crippen molar-refractivity contribution in [1.82, 2.24) is 0 Å². The molecule has 0 aromatic heterocycles. The molecule has 0 bridgehead atoms. The van der Waals surface area contributed by atoms with Gasteiger partial charge >= 0.3 is 0 Å². The second-order valence-corrected chi connectivity index (χ2v) is 2.19. The molecule has 0 saturated carbocycles. The number of hydrogen-bond acceptors (Lipinski definition) is 1. The van der Waals surface area contributed by atoms with Gasteiger partial charge in [-0.15, -0.1) is 0 Å². The van der Waals surface area contributed by atoms with E-state index in [2.05, 4.69) is 4.65 Å². The van der Waals surface area contributed by atoms with E-state index in [1.165, 1.54) is 0 Å². The van der Waals surface area contributed by atoms with Crippen molar-refractivity contribution < 1.29 is 4.65 Å². The zero-order valence-corrected chi connectivity index (χ0v) is 5.95. The Hall–Kier alpha value is -0.755. The fourth-order valence-electron chi connectivity index (χ4n) is 0.803. The van der Waals surface area contributed by atoms with Crippen molar-refractivity contribution in [2.75, 3.05) is 0 Å². The average molecular weight is 132 g/mol. The largest absolute Gasteiger partial charge is 0.441 e. The Balaban J connectivity index is 2.75. The molecule has 1 unspecified atom stereocenters. The maximum atomic E-state index is 5.00. The lowest BCUT2D eigenvalue weighted by Gasteiger charge is -2.08. The zero-order valence-electron chi connectivity index (χ0n) is 5.95. The van der Waals surface area contributed by atoms with Gasteiger partial charge in [-0.3, -0.25) is 0 Å². The molecule has 0 aliphatic rings. The maximum absolute atomic E-state index is 5.00. The lowest BCUT2D eigenvalue weighted by molar-refractivity contribution is 0.251. The van der Waals surface area contributed by atoms with E-state index in [0.29, 0.717) is 0 Å². The van der Waals surface area contributed by atoms with Crippen LogP contribution in [0.1, 0.15) is 18.6 Å². The Morgan fingerprint density at radius 2 is 1.90 bits per heavy atom. The Kier molecular flexibility index (Phi) is 2.52. The van der Waals surface area contributed by atoms with Gasteiger partial charge in [-0.25, -0.2) is 0 Å².